The Labute approximate surface area is 196 Å². The van der Waals surface area contributed by atoms with Crippen LogP contribution in [0.1, 0.15) is 38.2 Å². The molecule has 0 N–H and O–H groups in total. The smallest absolute Gasteiger partial charge is 0.0542 e. The topological polar surface area (TPSA) is 12.9 Å². The molecule has 1 nitrogen and oxygen atoms in total. The quantitative estimate of drug-likeness (QED) is 0.230. The SMILES string of the molecule is CCCCCCc1ccc2sc3c4cc5cc(-c6cccnc6)ccc5cc4sc3c2c1. The van der Waals surface area contributed by atoms with Crippen molar-refractivity contribution in [1.29, 1.82) is 0 Å². The third-order valence-corrected chi connectivity index (χ3v) is 8.94. The molecule has 3 heteroatoms. The molecule has 0 saturated heterocycles. The lowest BCUT2D eigenvalue weighted by Crippen LogP contribution is -1.85. The van der Waals surface area contributed by atoms with Crippen LogP contribution in [0.3, 0.4) is 0 Å². The number of aromatic nitrogens is 1. The zero-order chi connectivity index (χ0) is 21.5. The molecule has 0 aliphatic heterocycles. The summed E-state index contributed by atoms with van der Waals surface area (Å²) in [5.41, 5.74) is 3.87. The van der Waals surface area contributed by atoms with Crippen molar-refractivity contribution >= 4 is 63.0 Å². The third-order valence-electron chi connectivity index (χ3n) is 6.42. The van der Waals surface area contributed by atoms with Crippen molar-refractivity contribution in [3.8, 4) is 11.1 Å². The van der Waals surface area contributed by atoms with Gasteiger partial charge in [-0.3, -0.25) is 4.98 Å². The maximum Gasteiger partial charge on any atom is 0.0542 e. The van der Waals surface area contributed by atoms with Crippen LogP contribution < -0.4 is 0 Å². The Morgan fingerprint density at radius 3 is 2.44 bits per heavy atom. The number of fused-ring (bicyclic) bond motifs is 6. The van der Waals surface area contributed by atoms with E-state index in [2.05, 4.69) is 66.5 Å². The van der Waals surface area contributed by atoms with E-state index >= 15 is 0 Å². The zero-order valence-electron chi connectivity index (χ0n) is 18.2. The van der Waals surface area contributed by atoms with Crippen molar-refractivity contribution in [3.63, 3.8) is 0 Å². The molecule has 0 aliphatic carbocycles. The number of benzene rings is 3. The second-order valence-corrected chi connectivity index (χ2v) is 10.8. The molecule has 0 aliphatic rings. The number of unbranched alkanes of at least 4 members (excludes halogenated alkanes) is 3. The predicted octanol–water partition coefficient (Wildman–Crippen LogP) is 9.61. The summed E-state index contributed by atoms with van der Waals surface area (Å²) in [6.07, 6.45) is 10.2. The van der Waals surface area contributed by atoms with Crippen LogP contribution in [0.15, 0.2) is 73.1 Å². The van der Waals surface area contributed by atoms with E-state index in [1.165, 1.54) is 89.1 Å². The summed E-state index contributed by atoms with van der Waals surface area (Å²) in [6, 6.07) is 22.8. The Bertz CT molecular complexity index is 1560. The number of thiophene rings is 2. The largest absolute Gasteiger partial charge is 0.264 e. The maximum absolute atomic E-state index is 4.29. The number of nitrogens with zero attached hydrogens (tertiary/aromatic N) is 1. The highest BCUT2D eigenvalue weighted by Gasteiger charge is 2.14. The van der Waals surface area contributed by atoms with Gasteiger partial charge in [-0.05, 0) is 71.1 Å². The Kier molecular flexibility index (Phi) is 5.17. The summed E-state index contributed by atoms with van der Waals surface area (Å²) >= 11 is 3.90. The Morgan fingerprint density at radius 1 is 0.719 bits per heavy atom. The molecule has 0 atom stereocenters. The first kappa shape index (κ1) is 19.9. The van der Waals surface area contributed by atoms with Crippen LogP contribution in [0.2, 0.25) is 0 Å². The molecule has 6 aromatic rings. The van der Waals surface area contributed by atoms with Gasteiger partial charge in [0.1, 0.15) is 0 Å². The summed E-state index contributed by atoms with van der Waals surface area (Å²) in [5.74, 6) is 0. The molecule has 0 radical (unpaired) electrons. The molecule has 3 aromatic carbocycles. The minimum atomic E-state index is 1.17. The van der Waals surface area contributed by atoms with E-state index in [0.717, 1.165) is 0 Å². The van der Waals surface area contributed by atoms with Crippen LogP contribution in [0.25, 0.3) is 51.5 Å². The van der Waals surface area contributed by atoms with Gasteiger partial charge in [0.05, 0.1) is 9.40 Å². The van der Waals surface area contributed by atoms with Gasteiger partial charge in [0.15, 0.2) is 0 Å². The number of pyridine rings is 1. The number of hydrogen-bond donors (Lipinski definition) is 0. The van der Waals surface area contributed by atoms with Gasteiger partial charge in [-0.25, -0.2) is 0 Å². The standard InChI is InChI=1S/C29H25NS2/c1-2-3-4-5-7-19-9-12-26-24(14-19)28-29(31-26)25-16-23-15-20(22-8-6-13-30-18-22)10-11-21(23)17-27(25)32-28/h6,8-18H,2-5,7H2,1H3. The van der Waals surface area contributed by atoms with Crippen LogP contribution in [-0.4, -0.2) is 4.98 Å². The van der Waals surface area contributed by atoms with Gasteiger partial charge in [0, 0.05) is 38.1 Å². The molecular formula is C29H25NS2. The van der Waals surface area contributed by atoms with Gasteiger partial charge in [0.25, 0.3) is 0 Å². The molecule has 6 rings (SSSR count). The number of hydrogen-bond acceptors (Lipinski definition) is 3. The molecule has 0 bridgehead atoms. The number of rotatable bonds is 6. The fourth-order valence-corrected chi connectivity index (χ4v) is 7.32. The van der Waals surface area contributed by atoms with E-state index in [9.17, 15) is 0 Å². The van der Waals surface area contributed by atoms with Crippen molar-refractivity contribution in [1.82, 2.24) is 4.98 Å². The minimum absolute atomic E-state index is 1.17. The van der Waals surface area contributed by atoms with Crippen LogP contribution >= 0.6 is 22.7 Å². The molecule has 0 saturated carbocycles. The van der Waals surface area contributed by atoms with Gasteiger partial charge in [-0.2, -0.15) is 0 Å². The van der Waals surface area contributed by atoms with E-state index < -0.39 is 0 Å². The van der Waals surface area contributed by atoms with E-state index in [1.807, 2.05) is 41.1 Å². The highest BCUT2D eigenvalue weighted by atomic mass is 32.1. The maximum atomic E-state index is 4.29. The Hall–Kier alpha value is -2.75. The minimum Gasteiger partial charge on any atom is -0.264 e. The van der Waals surface area contributed by atoms with Crippen molar-refractivity contribution in [3.05, 3.63) is 78.6 Å². The van der Waals surface area contributed by atoms with Gasteiger partial charge in [0.2, 0.25) is 0 Å². The Morgan fingerprint density at radius 2 is 1.59 bits per heavy atom. The average molecular weight is 452 g/mol. The van der Waals surface area contributed by atoms with Gasteiger partial charge >= 0.3 is 0 Å². The van der Waals surface area contributed by atoms with Crippen molar-refractivity contribution in [2.24, 2.45) is 0 Å². The molecule has 158 valence electrons. The molecule has 0 unspecified atom stereocenters. The third kappa shape index (κ3) is 3.50. The van der Waals surface area contributed by atoms with Crippen molar-refractivity contribution < 1.29 is 0 Å². The second kappa shape index (κ2) is 8.31. The van der Waals surface area contributed by atoms with Crippen LogP contribution in [-0.2, 0) is 6.42 Å². The van der Waals surface area contributed by atoms with Crippen LogP contribution in [0.5, 0.6) is 0 Å². The van der Waals surface area contributed by atoms with Crippen molar-refractivity contribution in [2.75, 3.05) is 0 Å². The van der Waals surface area contributed by atoms with Crippen LogP contribution in [0.4, 0.5) is 0 Å². The van der Waals surface area contributed by atoms with E-state index in [1.54, 1.807) is 0 Å². The summed E-state index contributed by atoms with van der Waals surface area (Å²) in [5, 5.41) is 5.44. The first-order chi connectivity index (χ1) is 15.8. The molecule has 0 fully saturated rings. The normalized spacial score (nSPS) is 11.9. The average Bonchev–Trinajstić information content (AvgIpc) is 3.36. The summed E-state index contributed by atoms with van der Waals surface area (Å²) in [7, 11) is 0. The lowest BCUT2D eigenvalue weighted by molar-refractivity contribution is 0.667. The van der Waals surface area contributed by atoms with E-state index in [-0.39, 0.29) is 0 Å². The first-order valence-electron chi connectivity index (χ1n) is 11.5. The highest BCUT2D eigenvalue weighted by Crippen LogP contribution is 2.45. The fraction of sp³-hybridized carbons (Fsp3) is 0.207. The lowest BCUT2D eigenvalue weighted by atomic mass is 10.0. The monoisotopic (exact) mass is 451 g/mol. The predicted molar refractivity (Wildman–Crippen MR) is 143 cm³/mol. The lowest BCUT2D eigenvalue weighted by Gasteiger charge is -2.04. The van der Waals surface area contributed by atoms with E-state index in [4.69, 9.17) is 0 Å². The summed E-state index contributed by atoms with van der Waals surface area (Å²) in [6.45, 7) is 2.28. The highest BCUT2D eigenvalue weighted by molar-refractivity contribution is 7.36. The first-order valence-corrected chi connectivity index (χ1v) is 13.2. The van der Waals surface area contributed by atoms with Crippen molar-refractivity contribution in [2.45, 2.75) is 39.0 Å². The molecular weight excluding hydrogens is 426 g/mol. The molecule has 0 amide bonds. The zero-order valence-corrected chi connectivity index (χ0v) is 19.9. The second-order valence-electron chi connectivity index (χ2n) is 8.66. The molecule has 32 heavy (non-hydrogen) atoms. The van der Waals surface area contributed by atoms with Crippen LogP contribution in [0, 0.1) is 0 Å². The van der Waals surface area contributed by atoms with E-state index in [0.29, 0.717) is 0 Å². The summed E-state index contributed by atoms with van der Waals surface area (Å²) in [4.78, 5) is 4.29. The molecule has 3 heterocycles. The number of aryl methyl sites for hydroxylation is 1. The fourth-order valence-electron chi connectivity index (χ4n) is 4.67. The Balaban J connectivity index is 1.45. The van der Waals surface area contributed by atoms with Gasteiger partial charge in [-0.15, -0.1) is 22.7 Å². The van der Waals surface area contributed by atoms with Gasteiger partial charge < -0.3 is 0 Å². The summed E-state index contributed by atoms with van der Waals surface area (Å²) < 4.78 is 5.70. The molecule has 3 aromatic heterocycles. The van der Waals surface area contributed by atoms with Gasteiger partial charge in [-0.1, -0.05) is 50.5 Å². The molecule has 0 spiro atoms.